The zero-order chi connectivity index (χ0) is 19.8. The molecule has 4 N–H and O–H groups in total. The van der Waals surface area contributed by atoms with Crippen LogP contribution in [-0.4, -0.2) is 69.0 Å². The van der Waals surface area contributed by atoms with Crippen molar-refractivity contribution in [3.05, 3.63) is 23.8 Å². The van der Waals surface area contributed by atoms with Crippen molar-refractivity contribution in [1.82, 2.24) is 30.1 Å². The minimum absolute atomic E-state index is 0.0236. The number of alkyl halides is 1. The van der Waals surface area contributed by atoms with Crippen molar-refractivity contribution in [1.29, 1.82) is 5.26 Å². The maximum Gasteiger partial charge on any atom is 0.259 e. The Labute approximate surface area is 165 Å². The Morgan fingerprint density at radius 2 is 2.32 bits per heavy atom. The van der Waals surface area contributed by atoms with Crippen LogP contribution in [-0.2, 0) is 0 Å². The standard InChI is InChI=1S/C17H20ClFN8O/c18-11-5-22-6-12(14(11)26-2-1-9(3-20)7-26)24-17(28)13-15(21)25-27-8-10(19)4-23-16(13)27/h4,8-9,11-12,14,22H,1-2,5-7H2,(H2,21,25)(H,24,28)/t9-,11?,12?,14?/m0/s1. The summed E-state index contributed by atoms with van der Waals surface area (Å²) in [7, 11) is 0. The van der Waals surface area contributed by atoms with E-state index in [1.54, 1.807) is 0 Å². The molecule has 2 aromatic rings. The van der Waals surface area contributed by atoms with E-state index in [1.807, 2.05) is 0 Å². The summed E-state index contributed by atoms with van der Waals surface area (Å²) in [6.07, 6.45) is 2.92. The topological polar surface area (TPSA) is 124 Å². The van der Waals surface area contributed by atoms with E-state index < -0.39 is 11.7 Å². The van der Waals surface area contributed by atoms with Crippen LogP contribution < -0.4 is 16.4 Å². The lowest BCUT2D eigenvalue weighted by Crippen LogP contribution is -2.64. The maximum atomic E-state index is 13.4. The summed E-state index contributed by atoms with van der Waals surface area (Å²) in [6.45, 7) is 2.55. The number of anilines is 1. The van der Waals surface area contributed by atoms with Gasteiger partial charge in [0.2, 0.25) is 0 Å². The molecule has 0 radical (unpaired) electrons. The third-order valence-corrected chi connectivity index (χ3v) is 5.73. The van der Waals surface area contributed by atoms with E-state index in [9.17, 15) is 14.4 Å². The molecule has 9 nitrogen and oxygen atoms in total. The van der Waals surface area contributed by atoms with Crippen molar-refractivity contribution in [3.63, 3.8) is 0 Å². The van der Waals surface area contributed by atoms with Gasteiger partial charge >= 0.3 is 0 Å². The van der Waals surface area contributed by atoms with Crippen LogP contribution in [0.2, 0.25) is 0 Å². The van der Waals surface area contributed by atoms with E-state index in [2.05, 4.69) is 31.7 Å². The van der Waals surface area contributed by atoms with Gasteiger partial charge in [0.15, 0.2) is 17.3 Å². The molecule has 2 saturated heterocycles. The van der Waals surface area contributed by atoms with Gasteiger partial charge in [-0.3, -0.25) is 9.69 Å². The van der Waals surface area contributed by atoms with E-state index in [1.165, 1.54) is 0 Å². The third kappa shape index (κ3) is 3.37. The zero-order valence-electron chi connectivity index (χ0n) is 15.0. The third-order valence-electron chi connectivity index (χ3n) is 5.32. The molecule has 0 aliphatic carbocycles. The molecule has 4 atom stereocenters. The molecule has 11 heteroatoms. The van der Waals surface area contributed by atoms with Crippen LogP contribution >= 0.6 is 11.6 Å². The Bertz CT molecular complexity index is 943. The number of halogens is 2. The van der Waals surface area contributed by atoms with Crippen LogP contribution in [0.3, 0.4) is 0 Å². The van der Waals surface area contributed by atoms with Crippen LogP contribution in [0.25, 0.3) is 5.65 Å². The fraction of sp³-hybridized carbons (Fsp3) is 0.529. The molecule has 0 saturated carbocycles. The number of fused-ring (bicyclic) bond motifs is 1. The molecular formula is C17H20ClFN8O. The fourth-order valence-corrected chi connectivity index (χ4v) is 4.49. The van der Waals surface area contributed by atoms with Crippen molar-refractivity contribution in [2.24, 2.45) is 5.92 Å². The molecule has 2 aliphatic rings. The highest BCUT2D eigenvalue weighted by molar-refractivity contribution is 6.21. The second kappa shape index (κ2) is 7.50. The minimum atomic E-state index is -0.579. The smallest absolute Gasteiger partial charge is 0.259 e. The van der Waals surface area contributed by atoms with E-state index in [0.717, 1.165) is 29.9 Å². The van der Waals surface area contributed by atoms with Crippen molar-refractivity contribution in [2.75, 3.05) is 31.9 Å². The molecule has 2 aliphatic heterocycles. The Morgan fingerprint density at radius 1 is 1.50 bits per heavy atom. The van der Waals surface area contributed by atoms with Gasteiger partial charge in [-0.2, -0.15) is 5.26 Å². The second-order valence-corrected chi connectivity index (χ2v) is 7.72. The van der Waals surface area contributed by atoms with Crippen molar-refractivity contribution in [3.8, 4) is 6.07 Å². The highest BCUT2D eigenvalue weighted by Crippen LogP contribution is 2.26. The van der Waals surface area contributed by atoms with Gasteiger partial charge in [-0.15, -0.1) is 16.7 Å². The summed E-state index contributed by atoms with van der Waals surface area (Å²) in [5, 5.41) is 19.1. The van der Waals surface area contributed by atoms with Crippen LogP contribution in [0.4, 0.5) is 10.2 Å². The molecule has 28 heavy (non-hydrogen) atoms. The summed E-state index contributed by atoms with van der Waals surface area (Å²) in [6, 6.07) is 1.91. The Hall–Kier alpha value is -2.48. The molecule has 4 rings (SSSR count). The van der Waals surface area contributed by atoms with Crippen molar-refractivity contribution in [2.45, 2.75) is 23.9 Å². The second-order valence-electron chi connectivity index (χ2n) is 7.16. The summed E-state index contributed by atoms with van der Waals surface area (Å²) >= 11 is 6.57. The van der Waals surface area contributed by atoms with Gasteiger partial charge in [-0.1, -0.05) is 0 Å². The number of amides is 1. The lowest BCUT2D eigenvalue weighted by molar-refractivity contribution is 0.0879. The Morgan fingerprint density at radius 3 is 3.07 bits per heavy atom. The quantitative estimate of drug-likeness (QED) is 0.611. The molecule has 3 unspecified atom stereocenters. The van der Waals surface area contributed by atoms with Gasteiger partial charge in [0.05, 0.1) is 35.8 Å². The first-order valence-corrected chi connectivity index (χ1v) is 9.50. The number of rotatable bonds is 3. The van der Waals surface area contributed by atoms with E-state index >= 15 is 0 Å². The van der Waals surface area contributed by atoms with Gasteiger partial charge in [0, 0.05) is 25.7 Å². The van der Waals surface area contributed by atoms with Gasteiger partial charge in [-0.25, -0.2) is 13.9 Å². The summed E-state index contributed by atoms with van der Waals surface area (Å²) in [4.78, 5) is 19.1. The number of nitriles is 1. The van der Waals surface area contributed by atoms with Crippen molar-refractivity contribution >= 4 is 29.0 Å². The summed E-state index contributed by atoms with van der Waals surface area (Å²) < 4.78 is 14.5. The SMILES string of the molecule is N#C[C@@H]1CCN(C2C(Cl)CNCC2NC(=O)c2c(N)nn3cc(F)cnc23)C1. The predicted octanol–water partition coefficient (Wildman–Crippen LogP) is -0.0263. The van der Waals surface area contributed by atoms with Gasteiger partial charge < -0.3 is 16.4 Å². The van der Waals surface area contributed by atoms with E-state index in [-0.39, 0.29) is 40.4 Å². The molecule has 2 aromatic heterocycles. The van der Waals surface area contributed by atoms with Gasteiger partial charge in [0.1, 0.15) is 5.56 Å². The van der Waals surface area contributed by atoms with Crippen LogP contribution in [0.15, 0.2) is 12.4 Å². The predicted molar refractivity (Wildman–Crippen MR) is 100 cm³/mol. The molecule has 2 fully saturated rings. The number of nitrogen functional groups attached to an aromatic ring is 1. The van der Waals surface area contributed by atoms with E-state index in [4.69, 9.17) is 17.3 Å². The molecule has 0 bridgehead atoms. The summed E-state index contributed by atoms with van der Waals surface area (Å²) in [5.41, 5.74) is 6.17. The Balaban J connectivity index is 1.57. The number of nitrogens with zero attached hydrogens (tertiary/aromatic N) is 5. The van der Waals surface area contributed by atoms with Crippen molar-refractivity contribution < 1.29 is 9.18 Å². The number of piperidine rings is 1. The summed E-state index contributed by atoms with van der Waals surface area (Å²) in [5.74, 6) is -1.07. The first-order chi connectivity index (χ1) is 13.5. The minimum Gasteiger partial charge on any atom is -0.381 e. The molecule has 1 amide bonds. The molecule has 0 spiro atoms. The molecule has 4 heterocycles. The lowest BCUT2D eigenvalue weighted by atomic mass is 9.98. The number of carbonyl (C=O) groups is 1. The number of likely N-dealkylation sites (tertiary alicyclic amines) is 1. The fourth-order valence-electron chi connectivity index (χ4n) is 4.04. The van der Waals surface area contributed by atoms with Gasteiger partial charge in [0.25, 0.3) is 5.91 Å². The Kier molecular flexibility index (Phi) is 5.05. The number of carbonyl (C=O) groups excluding carboxylic acids is 1. The van der Waals surface area contributed by atoms with Crippen LogP contribution in [0.5, 0.6) is 0 Å². The average Bonchev–Trinajstić information content (AvgIpc) is 3.24. The van der Waals surface area contributed by atoms with Gasteiger partial charge in [-0.05, 0) is 13.0 Å². The average molecular weight is 407 g/mol. The molecule has 0 aromatic carbocycles. The number of hydrogen-bond donors (Lipinski definition) is 3. The maximum absolute atomic E-state index is 13.4. The highest BCUT2D eigenvalue weighted by atomic mass is 35.5. The number of nitrogens with one attached hydrogen (secondary N) is 2. The first kappa shape index (κ1) is 18.9. The largest absolute Gasteiger partial charge is 0.381 e. The molecular weight excluding hydrogens is 387 g/mol. The monoisotopic (exact) mass is 406 g/mol. The highest BCUT2D eigenvalue weighted by Gasteiger charge is 2.40. The normalized spacial score (nSPS) is 28.3. The van der Waals surface area contributed by atoms with Crippen LogP contribution in [0.1, 0.15) is 16.8 Å². The number of nitrogens with two attached hydrogens (primary N) is 1. The number of aromatic nitrogens is 3. The first-order valence-electron chi connectivity index (χ1n) is 9.06. The zero-order valence-corrected chi connectivity index (χ0v) is 15.7. The van der Waals surface area contributed by atoms with Crippen LogP contribution in [0, 0.1) is 23.1 Å². The lowest BCUT2D eigenvalue weighted by Gasteiger charge is -2.41. The van der Waals surface area contributed by atoms with E-state index in [0.29, 0.717) is 19.6 Å². The molecule has 148 valence electrons. The number of hydrogen-bond acceptors (Lipinski definition) is 7.